The van der Waals surface area contributed by atoms with Gasteiger partial charge in [0.1, 0.15) is 0 Å². The third-order valence-corrected chi connectivity index (χ3v) is 2.83. The number of unbranched alkanes of at least 4 members (excludes halogenated alkanes) is 1. The molecular formula is C14H25N3. The molecule has 0 saturated heterocycles. The van der Waals surface area contributed by atoms with Crippen LogP contribution < -0.4 is 16.8 Å². The quantitative estimate of drug-likeness (QED) is 0.474. The molecule has 0 spiro atoms. The van der Waals surface area contributed by atoms with Gasteiger partial charge in [-0.3, -0.25) is 0 Å². The lowest BCUT2D eigenvalue weighted by Gasteiger charge is -2.18. The first-order chi connectivity index (χ1) is 8.22. The van der Waals surface area contributed by atoms with E-state index in [1.165, 1.54) is 18.4 Å². The number of rotatable bonds is 8. The van der Waals surface area contributed by atoms with Crippen molar-refractivity contribution in [3.63, 3.8) is 0 Å². The van der Waals surface area contributed by atoms with Gasteiger partial charge in [-0.25, -0.2) is 0 Å². The molecule has 0 saturated carbocycles. The van der Waals surface area contributed by atoms with Crippen molar-refractivity contribution in [2.75, 3.05) is 6.54 Å². The summed E-state index contributed by atoms with van der Waals surface area (Å²) in [6, 6.07) is 10.4. The molecule has 0 aliphatic rings. The van der Waals surface area contributed by atoms with E-state index in [0.29, 0.717) is 0 Å². The van der Waals surface area contributed by atoms with Crippen molar-refractivity contribution in [3.05, 3.63) is 35.9 Å². The maximum absolute atomic E-state index is 6.09. The van der Waals surface area contributed by atoms with Crippen molar-refractivity contribution < 1.29 is 0 Å². The average molecular weight is 235 g/mol. The fraction of sp³-hybridized carbons (Fsp3) is 0.571. The van der Waals surface area contributed by atoms with E-state index in [2.05, 4.69) is 24.4 Å². The molecule has 0 amide bonds. The molecule has 2 unspecified atom stereocenters. The predicted molar refractivity (Wildman–Crippen MR) is 73.6 cm³/mol. The number of hydrogen-bond acceptors (Lipinski definition) is 3. The standard InChI is InChI=1S/C14H25N3/c1-2-3-9-17-14(16)11-13(15)10-12-7-5-4-6-8-12/h4-8,13-14,17H,2-3,9-11,15-16H2,1H3. The minimum absolute atomic E-state index is 0.0141. The Kier molecular flexibility index (Phi) is 6.86. The van der Waals surface area contributed by atoms with Crippen LogP contribution in [0.4, 0.5) is 0 Å². The van der Waals surface area contributed by atoms with E-state index in [1.54, 1.807) is 0 Å². The number of benzene rings is 1. The molecule has 0 radical (unpaired) electrons. The van der Waals surface area contributed by atoms with E-state index in [-0.39, 0.29) is 12.2 Å². The molecule has 3 heteroatoms. The molecule has 1 rings (SSSR count). The number of nitrogens with one attached hydrogen (secondary N) is 1. The van der Waals surface area contributed by atoms with Gasteiger partial charge < -0.3 is 16.8 Å². The fourth-order valence-corrected chi connectivity index (χ4v) is 1.87. The zero-order valence-electron chi connectivity index (χ0n) is 10.7. The third kappa shape index (κ3) is 6.41. The van der Waals surface area contributed by atoms with Crippen LogP contribution in [0.25, 0.3) is 0 Å². The average Bonchev–Trinajstić information content (AvgIpc) is 2.30. The summed E-state index contributed by atoms with van der Waals surface area (Å²) in [5.74, 6) is 0. The van der Waals surface area contributed by atoms with Crippen LogP contribution in [0.3, 0.4) is 0 Å². The first kappa shape index (κ1) is 14.2. The second-order valence-electron chi connectivity index (χ2n) is 4.60. The minimum atomic E-state index is 0.0141. The Bertz CT molecular complexity index is 287. The van der Waals surface area contributed by atoms with Crippen molar-refractivity contribution >= 4 is 0 Å². The molecule has 0 fully saturated rings. The normalized spacial score (nSPS) is 14.5. The van der Waals surface area contributed by atoms with Crippen LogP contribution >= 0.6 is 0 Å². The van der Waals surface area contributed by atoms with E-state index >= 15 is 0 Å². The first-order valence-corrected chi connectivity index (χ1v) is 6.50. The molecule has 96 valence electrons. The molecule has 1 aromatic rings. The minimum Gasteiger partial charge on any atom is -0.327 e. The van der Waals surface area contributed by atoms with Gasteiger partial charge in [0.2, 0.25) is 0 Å². The Morgan fingerprint density at radius 3 is 2.53 bits per heavy atom. The molecule has 17 heavy (non-hydrogen) atoms. The summed E-state index contributed by atoms with van der Waals surface area (Å²) in [6.45, 7) is 3.16. The van der Waals surface area contributed by atoms with E-state index < -0.39 is 0 Å². The van der Waals surface area contributed by atoms with Crippen LogP contribution in [0, 0.1) is 0 Å². The van der Waals surface area contributed by atoms with Crippen molar-refractivity contribution in [3.8, 4) is 0 Å². The summed E-state index contributed by atoms with van der Waals surface area (Å²) in [5.41, 5.74) is 13.3. The smallest absolute Gasteiger partial charge is 0.0561 e. The van der Waals surface area contributed by atoms with E-state index in [1.807, 2.05) is 18.2 Å². The van der Waals surface area contributed by atoms with Crippen molar-refractivity contribution in [1.82, 2.24) is 5.32 Å². The van der Waals surface area contributed by atoms with Crippen molar-refractivity contribution in [1.29, 1.82) is 0 Å². The van der Waals surface area contributed by atoms with Crippen LogP contribution in [0.1, 0.15) is 31.7 Å². The molecule has 0 aromatic heterocycles. The molecule has 0 bridgehead atoms. The fourth-order valence-electron chi connectivity index (χ4n) is 1.87. The Hall–Kier alpha value is -0.900. The Balaban J connectivity index is 2.22. The van der Waals surface area contributed by atoms with Gasteiger partial charge in [-0.15, -0.1) is 0 Å². The molecule has 1 aromatic carbocycles. The maximum Gasteiger partial charge on any atom is 0.0561 e. The molecule has 3 nitrogen and oxygen atoms in total. The van der Waals surface area contributed by atoms with Gasteiger partial charge in [-0.1, -0.05) is 43.7 Å². The lowest BCUT2D eigenvalue weighted by molar-refractivity contribution is 0.441. The van der Waals surface area contributed by atoms with Gasteiger partial charge in [-0.2, -0.15) is 0 Å². The van der Waals surface area contributed by atoms with Crippen LogP contribution in [-0.4, -0.2) is 18.8 Å². The predicted octanol–water partition coefficient (Wildman–Crippen LogP) is 1.62. The molecular weight excluding hydrogens is 210 g/mol. The van der Waals surface area contributed by atoms with Gasteiger partial charge in [-0.05, 0) is 31.4 Å². The number of nitrogens with two attached hydrogens (primary N) is 2. The third-order valence-electron chi connectivity index (χ3n) is 2.83. The van der Waals surface area contributed by atoms with Gasteiger partial charge in [0.15, 0.2) is 0 Å². The summed E-state index contributed by atoms with van der Waals surface area (Å²) in [4.78, 5) is 0. The molecule has 2 atom stereocenters. The highest BCUT2D eigenvalue weighted by molar-refractivity contribution is 5.15. The highest BCUT2D eigenvalue weighted by Crippen LogP contribution is 2.04. The second-order valence-corrected chi connectivity index (χ2v) is 4.60. The topological polar surface area (TPSA) is 64.1 Å². The highest BCUT2D eigenvalue weighted by Gasteiger charge is 2.09. The summed E-state index contributed by atoms with van der Waals surface area (Å²) in [7, 11) is 0. The largest absolute Gasteiger partial charge is 0.327 e. The van der Waals surface area contributed by atoms with Gasteiger partial charge >= 0.3 is 0 Å². The summed E-state index contributed by atoms with van der Waals surface area (Å²) in [6.07, 6.45) is 4.08. The van der Waals surface area contributed by atoms with Crippen LogP contribution in [0.5, 0.6) is 0 Å². The molecule has 0 heterocycles. The molecule has 5 N–H and O–H groups in total. The van der Waals surface area contributed by atoms with Crippen LogP contribution in [0.15, 0.2) is 30.3 Å². The van der Waals surface area contributed by atoms with E-state index in [9.17, 15) is 0 Å². The lowest BCUT2D eigenvalue weighted by atomic mass is 10.0. The van der Waals surface area contributed by atoms with E-state index in [0.717, 1.165) is 19.4 Å². The number of hydrogen-bond donors (Lipinski definition) is 3. The van der Waals surface area contributed by atoms with Crippen LogP contribution in [0.2, 0.25) is 0 Å². The van der Waals surface area contributed by atoms with Crippen LogP contribution in [-0.2, 0) is 6.42 Å². The maximum atomic E-state index is 6.09. The highest BCUT2D eigenvalue weighted by atomic mass is 15.0. The second kappa shape index (κ2) is 8.23. The molecule has 0 aliphatic heterocycles. The molecule has 0 aliphatic carbocycles. The zero-order chi connectivity index (χ0) is 12.5. The first-order valence-electron chi connectivity index (χ1n) is 6.50. The Morgan fingerprint density at radius 1 is 1.18 bits per heavy atom. The SMILES string of the molecule is CCCCNC(N)CC(N)Cc1ccccc1. The zero-order valence-corrected chi connectivity index (χ0v) is 10.7. The summed E-state index contributed by atoms with van der Waals surface area (Å²) < 4.78 is 0. The lowest BCUT2D eigenvalue weighted by Crippen LogP contribution is -2.43. The van der Waals surface area contributed by atoms with Crippen molar-refractivity contribution in [2.45, 2.75) is 44.8 Å². The summed E-state index contributed by atoms with van der Waals surface area (Å²) in [5, 5.41) is 3.30. The van der Waals surface area contributed by atoms with E-state index in [4.69, 9.17) is 11.5 Å². The van der Waals surface area contributed by atoms with Gasteiger partial charge in [0.25, 0.3) is 0 Å². The Morgan fingerprint density at radius 2 is 1.88 bits per heavy atom. The van der Waals surface area contributed by atoms with Crippen molar-refractivity contribution in [2.24, 2.45) is 11.5 Å². The monoisotopic (exact) mass is 235 g/mol. The summed E-state index contributed by atoms with van der Waals surface area (Å²) >= 11 is 0. The van der Waals surface area contributed by atoms with Gasteiger partial charge in [0.05, 0.1) is 6.17 Å². The Labute approximate surface area is 105 Å². The van der Waals surface area contributed by atoms with Gasteiger partial charge in [0, 0.05) is 6.04 Å².